The predicted molar refractivity (Wildman–Crippen MR) is 235 cm³/mol. The normalized spacial score (nSPS) is 12.4. The highest BCUT2D eigenvalue weighted by molar-refractivity contribution is 7.46. The average molecular weight is 815 g/mol. The number of hydrogen-bond acceptors (Lipinski definition) is 6. The summed E-state index contributed by atoms with van der Waals surface area (Å²) in [4.78, 5) is 43.0. The van der Waals surface area contributed by atoms with Gasteiger partial charge in [-0.25, -0.2) is 4.57 Å². The van der Waals surface area contributed by atoms with Crippen LogP contribution in [-0.4, -0.2) is 41.0 Å². The van der Waals surface area contributed by atoms with Crippen molar-refractivity contribution in [3.8, 4) is 0 Å². The molecule has 0 aliphatic carbocycles. The molecule has 0 unspecified atom stereocenters. The molecule has 0 aromatic heterocycles. The number of rotatable bonds is 45. The maximum absolute atomic E-state index is 12.4. The van der Waals surface area contributed by atoms with Crippen LogP contribution in [0.25, 0.3) is 0 Å². The van der Waals surface area contributed by atoms with Crippen molar-refractivity contribution in [2.45, 2.75) is 264 Å². The van der Waals surface area contributed by atoms with Gasteiger partial charge in [-0.05, 0) is 38.5 Å². The molecule has 0 rings (SSSR count). The molecule has 0 amide bonds. The first-order chi connectivity index (χ1) is 27.3. The maximum atomic E-state index is 12.4. The van der Waals surface area contributed by atoms with Crippen molar-refractivity contribution >= 4 is 19.8 Å². The van der Waals surface area contributed by atoms with Gasteiger partial charge in [0, 0.05) is 12.8 Å². The SMILES string of the molecule is CCCCCCCC/C=C\CCCCCCCCCC(=O)O[C@H](COC(=O)CCCCCCCCCCCCCCCCCCCCCCC)COP(=O)(O)O. The van der Waals surface area contributed by atoms with Crippen LogP contribution < -0.4 is 0 Å². The van der Waals surface area contributed by atoms with Gasteiger partial charge in [-0.1, -0.05) is 219 Å². The zero-order chi connectivity index (χ0) is 41.1. The Balaban J connectivity index is 3.80. The first-order valence-corrected chi connectivity index (χ1v) is 25.5. The average Bonchev–Trinajstić information content (AvgIpc) is 3.17. The minimum Gasteiger partial charge on any atom is -0.462 e. The third-order valence-electron chi connectivity index (χ3n) is 10.8. The van der Waals surface area contributed by atoms with E-state index in [0.29, 0.717) is 6.42 Å². The van der Waals surface area contributed by atoms with E-state index in [9.17, 15) is 14.2 Å². The number of phosphoric ester groups is 1. The smallest absolute Gasteiger partial charge is 0.462 e. The Labute approximate surface area is 346 Å². The summed E-state index contributed by atoms with van der Waals surface area (Å²) in [6.45, 7) is 3.72. The van der Waals surface area contributed by atoms with E-state index in [1.165, 1.54) is 180 Å². The van der Waals surface area contributed by atoms with E-state index >= 15 is 0 Å². The topological polar surface area (TPSA) is 119 Å². The van der Waals surface area contributed by atoms with Gasteiger partial charge in [0.2, 0.25) is 0 Å². The Hall–Kier alpha value is -1.21. The minimum atomic E-state index is -4.75. The molecule has 0 saturated heterocycles. The van der Waals surface area contributed by atoms with E-state index in [0.717, 1.165) is 44.9 Å². The summed E-state index contributed by atoms with van der Waals surface area (Å²) < 4.78 is 26.5. The second-order valence-electron chi connectivity index (χ2n) is 16.4. The highest BCUT2D eigenvalue weighted by Crippen LogP contribution is 2.36. The van der Waals surface area contributed by atoms with Crippen molar-refractivity contribution in [2.24, 2.45) is 0 Å². The molecule has 0 heterocycles. The zero-order valence-corrected chi connectivity index (χ0v) is 37.7. The Morgan fingerprint density at radius 1 is 0.446 bits per heavy atom. The van der Waals surface area contributed by atoms with Crippen molar-refractivity contribution in [3.63, 3.8) is 0 Å². The van der Waals surface area contributed by atoms with Gasteiger partial charge in [-0.15, -0.1) is 0 Å². The van der Waals surface area contributed by atoms with Crippen LogP contribution in [0.5, 0.6) is 0 Å². The van der Waals surface area contributed by atoms with Crippen LogP contribution in [-0.2, 0) is 28.2 Å². The quantitative estimate of drug-likeness (QED) is 0.0270. The summed E-state index contributed by atoms with van der Waals surface area (Å²) in [5.41, 5.74) is 0. The van der Waals surface area contributed by atoms with Crippen LogP contribution in [0.3, 0.4) is 0 Å². The number of unbranched alkanes of at least 4 members (excludes halogenated alkanes) is 33. The summed E-state index contributed by atoms with van der Waals surface area (Å²) in [6, 6.07) is 0. The molecular weight excluding hydrogens is 723 g/mol. The van der Waals surface area contributed by atoms with Crippen LogP contribution in [0.1, 0.15) is 258 Å². The van der Waals surface area contributed by atoms with E-state index in [2.05, 4.69) is 30.5 Å². The Kier molecular flexibility index (Phi) is 42.4. The van der Waals surface area contributed by atoms with E-state index in [1.54, 1.807) is 0 Å². The van der Waals surface area contributed by atoms with E-state index < -0.39 is 32.5 Å². The first kappa shape index (κ1) is 54.8. The second-order valence-corrected chi connectivity index (χ2v) is 17.7. The Morgan fingerprint density at radius 2 is 0.750 bits per heavy atom. The maximum Gasteiger partial charge on any atom is 0.469 e. The van der Waals surface area contributed by atoms with Gasteiger partial charge < -0.3 is 19.3 Å². The molecule has 1 atom stereocenters. The lowest BCUT2D eigenvalue weighted by Gasteiger charge is -2.18. The van der Waals surface area contributed by atoms with Crippen molar-refractivity contribution in [2.75, 3.05) is 13.2 Å². The molecule has 0 aliphatic heterocycles. The van der Waals surface area contributed by atoms with Crippen molar-refractivity contribution in [1.29, 1.82) is 0 Å². The summed E-state index contributed by atoms with van der Waals surface area (Å²) >= 11 is 0. The fourth-order valence-electron chi connectivity index (χ4n) is 7.19. The highest BCUT2D eigenvalue weighted by atomic mass is 31.2. The fourth-order valence-corrected chi connectivity index (χ4v) is 7.55. The van der Waals surface area contributed by atoms with Gasteiger partial charge in [0.15, 0.2) is 6.10 Å². The summed E-state index contributed by atoms with van der Waals surface area (Å²) in [6.07, 6.45) is 49.4. The lowest BCUT2D eigenvalue weighted by atomic mass is 10.0. The monoisotopic (exact) mass is 815 g/mol. The molecule has 0 aliphatic rings. The molecule has 0 bridgehead atoms. The molecule has 9 heteroatoms. The zero-order valence-electron chi connectivity index (χ0n) is 36.8. The van der Waals surface area contributed by atoms with Gasteiger partial charge in [0.25, 0.3) is 0 Å². The third-order valence-corrected chi connectivity index (χ3v) is 11.3. The van der Waals surface area contributed by atoms with E-state index in [1.807, 2.05) is 0 Å². The van der Waals surface area contributed by atoms with Crippen molar-refractivity contribution < 1.29 is 37.9 Å². The molecule has 2 N–H and O–H groups in total. The van der Waals surface area contributed by atoms with E-state index in [4.69, 9.17) is 19.3 Å². The Morgan fingerprint density at radius 3 is 1.09 bits per heavy atom. The molecule has 0 spiro atoms. The molecule has 0 fully saturated rings. The summed E-state index contributed by atoms with van der Waals surface area (Å²) in [7, 11) is -4.75. The molecule has 0 saturated carbocycles. The highest BCUT2D eigenvalue weighted by Gasteiger charge is 2.23. The molecule has 0 radical (unpaired) electrons. The summed E-state index contributed by atoms with van der Waals surface area (Å²) in [5.74, 6) is -0.873. The molecule has 0 aromatic carbocycles. The minimum absolute atomic E-state index is 0.212. The van der Waals surface area contributed by atoms with Crippen LogP contribution in [0, 0.1) is 0 Å². The summed E-state index contributed by atoms with van der Waals surface area (Å²) in [5, 5.41) is 0. The lowest BCUT2D eigenvalue weighted by Crippen LogP contribution is -2.29. The molecular formula is C47H91O8P. The van der Waals surface area contributed by atoms with Crippen LogP contribution in [0.4, 0.5) is 0 Å². The third kappa shape index (κ3) is 45.5. The first-order valence-electron chi connectivity index (χ1n) is 24.0. The molecule has 56 heavy (non-hydrogen) atoms. The Bertz CT molecular complexity index is 920. The second kappa shape index (κ2) is 43.4. The predicted octanol–water partition coefficient (Wildman–Crippen LogP) is 15.0. The number of phosphoric acid groups is 1. The number of esters is 2. The van der Waals surface area contributed by atoms with Gasteiger partial charge in [0.05, 0.1) is 6.61 Å². The number of carbonyl (C=O) groups is 2. The van der Waals surface area contributed by atoms with Crippen molar-refractivity contribution in [3.05, 3.63) is 12.2 Å². The number of ether oxygens (including phenoxy) is 2. The molecule has 332 valence electrons. The van der Waals surface area contributed by atoms with Crippen molar-refractivity contribution in [1.82, 2.24) is 0 Å². The fraction of sp³-hybridized carbons (Fsp3) is 0.915. The lowest BCUT2D eigenvalue weighted by molar-refractivity contribution is -0.161. The van der Waals surface area contributed by atoms with Gasteiger partial charge in [-0.3, -0.25) is 14.1 Å². The van der Waals surface area contributed by atoms with Crippen LogP contribution in [0.2, 0.25) is 0 Å². The van der Waals surface area contributed by atoms with Crippen LogP contribution >= 0.6 is 7.82 Å². The van der Waals surface area contributed by atoms with E-state index in [-0.39, 0.29) is 19.4 Å². The number of allylic oxidation sites excluding steroid dienone is 2. The largest absolute Gasteiger partial charge is 0.469 e. The van der Waals surface area contributed by atoms with Gasteiger partial charge >= 0.3 is 19.8 Å². The molecule has 0 aromatic rings. The van der Waals surface area contributed by atoms with Crippen LogP contribution in [0.15, 0.2) is 12.2 Å². The number of hydrogen-bond donors (Lipinski definition) is 2. The standard InChI is InChI=1S/C47H91O8P/c1-3-5-7-9-11-13-15-17-19-21-22-23-24-26-27-29-31-33-35-37-39-41-46(48)53-43-45(44-54-56(50,51)52)55-47(49)42-40-38-36-34-32-30-28-25-20-18-16-14-12-10-8-6-4-2/h18,20,45H,3-17,19,21-44H2,1-2H3,(H2,50,51,52)/b20-18-/t45-/m1/s1. The van der Waals surface area contributed by atoms with Gasteiger partial charge in [0.1, 0.15) is 6.61 Å². The van der Waals surface area contributed by atoms with Gasteiger partial charge in [-0.2, -0.15) is 0 Å². The number of carbonyl (C=O) groups excluding carboxylic acids is 2. The molecule has 8 nitrogen and oxygen atoms in total.